The Kier molecular flexibility index (Phi) is 2.72. The first-order valence-corrected chi connectivity index (χ1v) is 5.86. The van der Waals surface area contributed by atoms with Crippen molar-refractivity contribution in [2.45, 2.75) is 0 Å². The number of nitrogens with one attached hydrogen (secondary N) is 1. The van der Waals surface area contributed by atoms with Gasteiger partial charge in [0.25, 0.3) is 5.91 Å². The van der Waals surface area contributed by atoms with E-state index < -0.39 is 0 Å². The quantitative estimate of drug-likeness (QED) is 0.760. The van der Waals surface area contributed by atoms with E-state index >= 15 is 0 Å². The average molecular weight is 252 g/mol. The third-order valence-electron chi connectivity index (χ3n) is 2.94. The van der Waals surface area contributed by atoms with Crippen LogP contribution in [-0.2, 0) is 7.05 Å². The highest BCUT2D eigenvalue weighted by atomic mass is 16.1. The SMILES string of the molecule is Cn1ccc2cc(NC(=O)c3cnccn3)ccc21. The molecule has 0 fully saturated rings. The van der Waals surface area contributed by atoms with Crippen LogP contribution in [0.3, 0.4) is 0 Å². The lowest BCUT2D eigenvalue weighted by atomic mass is 10.2. The molecule has 0 aliphatic carbocycles. The van der Waals surface area contributed by atoms with Gasteiger partial charge in [-0.2, -0.15) is 0 Å². The molecule has 0 spiro atoms. The molecular formula is C14H12N4O. The summed E-state index contributed by atoms with van der Waals surface area (Å²) in [5.74, 6) is -0.261. The van der Waals surface area contributed by atoms with Crippen molar-refractivity contribution in [2.75, 3.05) is 5.32 Å². The second kappa shape index (κ2) is 4.53. The topological polar surface area (TPSA) is 59.8 Å². The molecule has 0 saturated heterocycles. The van der Waals surface area contributed by atoms with Gasteiger partial charge in [0.15, 0.2) is 0 Å². The van der Waals surface area contributed by atoms with Crippen LogP contribution in [0.2, 0.25) is 0 Å². The number of carbonyl (C=O) groups is 1. The summed E-state index contributed by atoms with van der Waals surface area (Å²) in [6.07, 6.45) is 6.46. The molecule has 3 aromatic rings. The molecule has 3 rings (SSSR count). The number of anilines is 1. The number of aryl methyl sites for hydroxylation is 1. The van der Waals surface area contributed by atoms with Crippen LogP contribution < -0.4 is 5.32 Å². The van der Waals surface area contributed by atoms with Crippen molar-refractivity contribution in [3.8, 4) is 0 Å². The molecule has 2 heterocycles. The summed E-state index contributed by atoms with van der Waals surface area (Å²) in [7, 11) is 1.99. The van der Waals surface area contributed by atoms with E-state index in [1.165, 1.54) is 18.6 Å². The summed E-state index contributed by atoms with van der Waals surface area (Å²) in [5, 5.41) is 3.89. The highest BCUT2D eigenvalue weighted by molar-refractivity contribution is 6.03. The molecule has 1 amide bonds. The first kappa shape index (κ1) is 11.4. The third-order valence-corrected chi connectivity index (χ3v) is 2.94. The Morgan fingerprint density at radius 1 is 1.26 bits per heavy atom. The van der Waals surface area contributed by atoms with E-state index in [9.17, 15) is 4.79 Å². The minimum atomic E-state index is -0.261. The van der Waals surface area contributed by atoms with Crippen molar-refractivity contribution in [3.63, 3.8) is 0 Å². The molecule has 94 valence electrons. The van der Waals surface area contributed by atoms with E-state index in [4.69, 9.17) is 0 Å². The molecule has 2 aromatic heterocycles. The fraction of sp³-hybridized carbons (Fsp3) is 0.0714. The lowest BCUT2D eigenvalue weighted by Crippen LogP contribution is -2.13. The Morgan fingerprint density at radius 3 is 2.95 bits per heavy atom. The zero-order chi connectivity index (χ0) is 13.2. The second-order valence-corrected chi connectivity index (χ2v) is 4.25. The van der Waals surface area contributed by atoms with Gasteiger partial charge in [-0.05, 0) is 24.3 Å². The summed E-state index contributed by atoms with van der Waals surface area (Å²) in [4.78, 5) is 19.8. The van der Waals surface area contributed by atoms with Crippen molar-refractivity contribution in [3.05, 3.63) is 54.7 Å². The minimum absolute atomic E-state index is 0.261. The summed E-state index contributed by atoms with van der Waals surface area (Å²) >= 11 is 0. The Labute approximate surface area is 109 Å². The van der Waals surface area contributed by atoms with Gasteiger partial charge in [0, 0.05) is 42.2 Å². The highest BCUT2D eigenvalue weighted by Gasteiger charge is 2.08. The summed E-state index contributed by atoms with van der Waals surface area (Å²) in [6, 6.07) is 7.79. The molecule has 19 heavy (non-hydrogen) atoms. The molecular weight excluding hydrogens is 240 g/mol. The van der Waals surface area contributed by atoms with Crippen molar-refractivity contribution in [2.24, 2.45) is 7.05 Å². The lowest BCUT2D eigenvalue weighted by molar-refractivity contribution is 0.102. The fourth-order valence-corrected chi connectivity index (χ4v) is 1.97. The van der Waals surface area contributed by atoms with E-state index in [1.54, 1.807) is 0 Å². The molecule has 0 aliphatic heterocycles. The van der Waals surface area contributed by atoms with Crippen LogP contribution in [0.25, 0.3) is 10.9 Å². The highest BCUT2D eigenvalue weighted by Crippen LogP contribution is 2.19. The van der Waals surface area contributed by atoms with Crippen LogP contribution >= 0.6 is 0 Å². The number of carbonyl (C=O) groups excluding carboxylic acids is 1. The smallest absolute Gasteiger partial charge is 0.275 e. The van der Waals surface area contributed by atoms with Gasteiger partial charge >= 0.3 is 0 Å². The number of hydrogen-bond acceptors (Lipinski definition) is 3. The first-order chi connectivity index (χ1) is 9.24. The van der Waals surface area contributed by atoms with Crippen molar-refractivity contribution in [1.29, 1.82) is 0 Å². The molecule has 0 aliphatic rings. The fourth-order valence-electron chi connectivity index (χ4n) is 1.97. The van der Waals surface area contributed by atoms with E-state index in [1.807, 2.05) is 42.1 Å². The monoisotopic (exact) mass is 252 g/mol. The number of hydrogen-bond donors (Lipinski definition) is 1. The maximum absolute atomic E-state index is 11.9. The molecule has 5 heteroatoms. The Bertz CT molecular complexity index is 734. The van der Waals surface area contributed by atoms with Crippen molar-refractivity contribution >= 4 is 22.5 Å². The summed E-state index contributed by atoms with van der Waals surface area (Å²) in [5.41, 5.74) is 2.17. The Morgan fingerprint density at radius 2 is 2.16 bits per heavy atom. The van der Waals surface area contributed by atoms with Gasteiger partial charge in [-0.15, -0.1) is 0 Å². The Balaban J connectivity index is 1.87. The number of aromatic nitrogens is 3. The number of nitrogens with zero attached hydrogens (tertiary/aromatic N) is 3. The van der Waals surface area contributed by atoms with Crippen molar-refractivity contribution < 1.29 is 4.79 Å². The van der Waals surface area contributed by atoms with Crippen LogP contribution in [0.4, 0.5) is 5.69 Å². The molecule has 5 nitrogen and oxygen atoms in total. The van der Waals surface area contributed by atoms with E-state index in [-0.39, 0.29) is 5.91 Å². The standard InChI is InChI=1S/C14H12N4O/c1-18-7-4-10-8-11(2-3-13(10)18)17-14(19)12-9-15-5-6-16-12/h2-9H,1H3,(H,17,19). The van der Waals surface area contributed by atoms with Gasteiger partial charge in [-0.25, -0.2) is 4.98 Å². The van der Waals surface area contributed by atoms with Crippen LogP contribution in [0.1, 0.15) is 10.5 Å². The van der Waals surface area contributed by atoms with Gasteiger partial charge in [-0.1, -0.05) is 0 Å². The lowest BCUT2D eigenvalue weighted by Gasteiger charge is -2.05. The zero-order valence-corrected chi connectivity index (χ0v) is 10.4. The van der Waals surface area contributed by atoms with Gasteiger partial charge < -0.3 is 9.88 Å². The third kappa shape index (κ3) is 2.18. The molecule has 0 saturated carbocycles. The number of fused-ring (bicyclic) bond motifs is 1. The molecule has 0 unspecified atom stereocenters. The molecule has 1 N–H and O–H groups in total. The van der Waals surface area contributed by atoms with E-state index in [0.29, 0.717) is 5.69 Å². The van der Waals surface area contributed by atoms with E-state index in [2.05, 4.69) is 15.3 Å². The van der Waals surface area contributed by atoms with Crippen LogP contribution in [0.15, 0.2) is 49.1 Å². The Hall–Kier alpha value is -2.69. The van der Waals surface area contributed by atoms with Gasteiger partial charge in [-0.3, -0.25) is 9.78 Å². The number of rotatable bonds is 2. The minimum Gasteiger partial charge on any atom is -0.351 e. The van der Waals surface area contributed by atoms with Crippen LogP contribution in [-0.4, -0.2) is 20.4 Å². The predicted molar refractivity (Wildman–Crippen MR) is 72.9 cm³/mol. The number of benzene rings is 1. The average Bonchev–Trinajstić information content (AvgIpc) is 2.81. The maximum atomic E-state index is 11.9. The van der Waals surface area contributed by atoms with Crippen LogP contribution in [0, 0.1) is 0 Å². The van der Waals surface area contributed by atoms with Crippen molar-refractivity contribution in [1.82, 2.24) is 14.5 Å². The molecule has 1 aromatic carbocycles. The first-order valence-electron chi connectivity index (χ1n) is 5.86. The maximum Gasteiger partial charge on any atom is 0.275 e. The molecule has 0 radical (unpaired) electrons. The van der Waals surface area contributed by atoms with Crippen LogP contribution in [0.5, 0.6) is 0 Å². The summed E-state index contributed by atoms with van der Waals surface area (Å²) < 4.78 is 2.03. The number of amides is 1. The molecule has 0 bridgehead atoms. The zero-order valence-electron chi connectivity index (χ0n) is 10.4. The second-order valence-electron chi connectivity index (χ2n) is 4.25. The summed E-state index contributed by atoms with van der Waals surface area (Å²) in [6.45, 7) is 0. The molecule has 0 atom stereocenters. The van der Waals surface area contributed by atoms with Gasteiger partial charge in [0.05, 0.1) is 6.20 Å². The largest absolute Gasteiger partial charge is 0.351 e. The van der Waals surface area contributed by atoms with E-state index in [0.717, 1.165) is 16.6 Å². The predicted octanol–water partition coefficient (Wildman–Crippen LogP) is 2.22. The van der Waals surface area contributed by atoms with Gasteiger partial charge in [0.2, 0.25) is 0 Å². The van der Waals surface area contributed by atoms with Gasteiger partial charge in [0.1, 0.15) is 5.69 Å². The normalized spacial score (nSPS) is 10.6.